The lowest BCUT2D eigenvalue weighted by molar-refractivity contribution is 0.564. The van der Waals surface area contributed by atoms with Crippen molar-refractivity contribution < 1.29 is 0 Å². The van der Waals surface area contributed by atoms with Gasteiger partial charge in [0.1, 0.15) is 0 Å². The summed E-state index contributed by atoms with van der Waals surface area (Å²) in [6, 6.07) is 0. The normalized spacial score (nSPS) is 12.1. The molecule has 0 saturated heterocycles. The van der Waals surface area contributed by atoms with Crippen LogP contribution in [-0.2, 0) is 12.5 Å². The molecule has 1 aromatic rings. The summed E-state index contributed by atoms with van der Waals surface area (Å²) in [5, 5.41) is 5.38. The number of hydrogen-bond donors (Lipinski definition) is 0. The van der Waals surface area contributed by atoms with Gasteiger partial charge in [0.25, 0.3) is 0 Å². The Hall–Kier alpha value is -0.310. The van der Waals surface area contributed by atoms with Crippen molar-refractivity contribution in [2.75, 3.05) is 5.33 Å². The molecule has 0 N–H and O–H groups in total. The van der Waals surface area contributed by atoms with Crippen molar-refractivity contribution >= 4 is 15.9 Å². The van der Waals surface area contributed by atoms with E-state index in [1.165, 1.54) is 11.3 Å². The maximum Gasteiger partial charge on any atom is 0.0718 e. The van der Waals surface area contributed by atoms with Gasteiger partial charge in [-0.25, -0.2) is 0 Å². The van der Waals surface area contributed by atoms with Crippen molar-refractivity contribution in [3.63, 3.8) is 0 Å². The average molecular weight is 231 g/mol. The van der Waals surface area contributed by atoms with E-state index < -0.39 is 0 Å². The molecule has 0 radical (unpaired) electrons. The maximum absolute atomic E-state index is 4.44. The Kier molecular flexibility index (Phi) is 2.61. The van der Waals surface area contributed by atoms with Crippen LogP contribution in [0.25, 0.3) is 0 Å². The summed E-state index contributed by atoms with van der Waals surface area (Å²) in [6.45, 7) is 6.49. The summed E-state index contributed by atoms with van der Waals surface area (Å²) in [7, 11) is 1.96. The Labute approximate surface area is 82.1 Å². The minimum Gasteiger partial charge on any atom is -0.275 e. The van der Waals surface area contributed by atoms with Gasteiger partial charge in [-0.3, -0.25) is 4.68 Å². The highest BCUT2D eigenvalue weighted by atomic mass is 79.9. The van der Waals surface area contributed by atoms with Crippen molar-refractivity contribution in [2.45, 2.75) is 26.2 Å². The van der Waals surface area contributed by atoms with Gasteiger partial charge < -0.3 is 0 Å². The summed E-state index contributed by atoms with van der Waals surface area (Å²) in [4.78, 5) is 0. The van der Waals surface area contributed by atoms with Crippen LogP contribution in [0.4, 0.5) is 0 Å². The molecule has 0 bridgehead atoms. The lowest BCUT2D eigenvalue weighted by Gasteiger charge is -2.19. The highest BCUT2D eigenvalue weighted by molar-refractivity contribution is 9.09. The average Bonchev–Trinajstić information content (AvgIpc) is 2.31. The lowest BCUT2D eigenvalue weighted by atomic mass is 9.90. The molecule has 0 amide bonds. The SMILES string of the molecule is Cc1cn(C)nc1C(C)(C)CBr. The molecule has 12 heavy (non-hydrogen) atoms. The van der Waals surface area contributed by atoms with Crippen LogP contribution in [0, 0.1) is 6.92 Å². The molecule has 0 unspecified atom stereocenters. The van der Waals surface area contributed by atoms with Gasteiger partial charge in [0.05, 0.1) is 5.69 Å². The summed E-state index contributed by atoms with van der Waals surface area (Å²) in [6.07, 6.45) is 2.06. The third-order valence-corrected chi connectivity index (χ3v) is 3.39. The fourth-order valence-electron chi connectivity index (χ4n) is 1.34. The van der Waals surface area contributed by atoms with E-state index in [0.29, 0.717) is 0 Å². The highest BCUT2D eigenvalue weighted by Gasteiger charge is 2.23. The molecule has 0 atom stereocenters. The number of hydrogen-bond acceptors (Lipinski definition) is 1. The van der Waals surface area contributed by atoms with Crippen LogP contribution in [0.1, 0.15) is 25.1 Å². The molecule has 68 valence electrons. The summed E-state index contributed by atoms with van der Waals surface area (Å²) in [5.41, 5.74) is 2.58. The molecule has 3 heteroatoms. The van der Waals surface area contributed by atoms with E-state index in [1.54, 1.807) is 0 Å². The zero-order valence-corrected chi connectivity index (χ0v) is 9.64. The van der Waals surface area contributed by atoms with Gasteiger partial charge in [-0.2, -0.15) is 5.10 Å². The first kappa shape index (κ1) is 9.78. The molecule has 0 aliphatic rings. The number of halogens is 1. The van der Waals surface area contributed by atoms with Crippen molar-refractivity contribution in [2.24, 2.45) is 7.05 Å². The van der Waals surface area contributed by atoms with Gasteiger partial charge in [-0.1, -0.05) is 29.8 Å². The topological polar surface area (TPSA) is 17.8 Å². The third kappa shape index (κ3) is 1.71. The van der Waals surface area contributed by atoms with Gasteiger partial charge >= 0.3 is 0 Å². The molecule has 0 spiro atoms. The predicted octanol–water partition coefficient (Wildman–Crippen LogP) is 2.40. The Bertz CT molecular complexity index is 276. The predicted molar refractivity (Wildman–Crippen MR) is 54.8 cm³/mol. The minimum absolute atomic E-state index is 0.130. The molecule has 2 nitrogen and oxygen atoms in total. The van der Waals surface area contributed by atoms with Crippen molar-refractivity contribution in [3.05, 3.63) is 17.5 Å². The van der Waals surface area contributed by atoms with E-state index in [0.717, 1.165) is 5.33 Å². The Balaban J connectivity index is 3.09. The van der Waals surface area contributed by atoms with E-state index in [-0.39, 0.29) is 5.41 Å². The molecule has 1 heterocycles. The summed E-state index contributed by atoms with van der Waals surface area (Å²) in [5.74, 6) is 0. The molecule has 0 aliphatic carbocycles. The second-order valence-electron chi connectivity index (χ2n) is 3.85. The largest absolute Gasteiger partial charge is 0.275 e. The van der Waals surface area contributed by atoms with E-state index in [1.807, 2.05) is 11.7 Å². The quantitative estimate of drug-likeness (QED) is 0.714. The van der Waals surface area contributed by atoms with Crippen LogP contribution in [0.5, 0.6) is 0 Å². The first-order chi connectivity index (χ1) is 5.47. The van der Waals surface area contributed by atoms with E-state index in [4.69, 9.17) is 0 Å². The maximum atomic E-state index is 4.44. The Morgan fingerprint density at radius 3 is 2.50 bits per heavy atom. The molecule has 0 saturated carbocycles. The second kappa shape index (κ2) is 3.21. The van der Waals surface area contributed by atoms with Gasteiger partial charge in [-0.05, 0) is 12.5 Å². The van der Waals surface area contributed by atoms with Crippen molar-refractivity contribution in [3.8, 4) is 0 Å². The summed E-state index contributed by atoms with van der Waals surface area (Å²) >= 11 is 3.50. The fraction of sp³-hybridized carbons (Fsp3) is 0.667. The molecular weight excluding hydrogens is 216 g/mol. The molecule has 0 fully saturated rings. The van der Waals surface area contributed by atoms with E-state index >= 15 is 0 Å². The van der Waals surface area contributed by atoms with Crippen LogP contribution in [-0.4, -0.2) is 15.1 Å². The first-order valence-electron chi connectivity index (χ1n) is 4.04. The Morgan fingerprint density at radius 1 is 1.58 bits per heavy atom. The highest BCUT2D eigenvalue weighted by Crippen LogP contribution is 2.26. The van der Waals surface area contributed by atoms with Crippen LogP contribution < -0.4 is 0 Å². The number of rotatable bonds is 2. The minimum atomic E-state index is 0.130. The van der Waals surface area contributed by atoms with Gasteiger partial charge in [0.15, 0.2) is 0 Å². The lowest BCUT2D eigenvalue weighted by Crippen LogP contribution is -2.20. The molecule has 0 aliphatic heterocycles. The molecular formula is C9H15BrN2. The monoisotopic (exact) mass is 230 g/mol. The number of nitrogens with zero attached hydrogens (tertiary/aromatic N) is 2. The van der Waals surface area contributed by atoms with Crippen LogP contribution in [0.15, 0.2) is 6.20 Å². The second-order valence-corrected chi connectivity index (χ2v) is 4.41. The van der Waals surface area contributed by atoms with Gasteiger partial charge in [-0.15, -0.1) is 0 Å². The van der Waals surface area contributed by atoms with Crippen LogP contribution in [0.2, 0.25) is 0 Å². The number of aryl methyl sites for hydroxylation is 2. The van der Waals surface area contributed by atoms with Crippen LogP contribution >= 0.6 is 15.9 Å². The molecule has 1 rings (SSSR count). The van der Waals surface area contributed by atoms with Crippen molar-refractivity contribution in [1.82, 2.24) is 9.78 Å². The van der Waals surface area contributed by atoms with Crippen LogP contribution in [0.3, 0.4) is 0 Å². The zero-order valence-electron chi connectivity index (χ0n) is 8.06. The molecule has 1 aromatic heterocycles. The zero-order chi connectivity index (χ0) is 9.35. The summed E-state index contributed by atoms with van der Waals surface area (Å²) < 4.78 is 1.87. The van der Waals surface area contributed by atoms with Gasteiger partial charge in [0.2, 0.25) is 0 Å². The van der Waals surface area contributed by atoms with E-state index in [2.05, 4.69) is 48.0 Å². The number of aromatic nitrogens is 2. The fourth-order valence-corrected chi connectivity index (χ4v) is 1.60. The molecule has 0 aromatic carbocycles. The van der Waals surface area contributed by atoms with Gasteiger partial charge in [0, 0.05) is 24.0 Å². The Morgan fingerprint density at radius 2 is 2.17 bits per heavy atom. The van der Waals surface area contributed by atoms with E-state index in [9.17, 15) is 0 Å². The third-order valence-electron chi connectivity index (χ3n) is 1.99. The first-order valence-corrected chi connectivity index (χ1v) is 5.16. The standard InChI is InChI=1S/C9H15BrN2/c1-7-5-12(4)11-8(7)9(2,3)6-10/h5H,6H2,1-4H3. The van der Waals surface area contributed by atoms with Crippen molar-refractivity contribution in [1.29, 1.82) is 0 Å². The smallest absolute Gasteiger partial charge is 0.0718 e. The number of alkyl halides is 1.